The van der Waals surface area contributed by atoms with Crippen LogP contribution in [-0.2, 0) is 0 Å². The number of nitrogens with zero attached hydrogens (tertiary/aromatic N) is 4. The Morgan fingerprint density at radius 1 is 0.436 bits per heavy atom. The van der Waals surface area contributed by atoms with Gasteiger partial charge in [0.1, 0.15) is 16.8 Å². The highest BCUT2D eigenvalue weighted by Gasteiger charge is 2.25. The van der Waals surface area contributed by atoms with Crippen molar-refractivity contribution >= 4 is 92.7 Å². The van der Waals surface area contributed by atoms with Gasteiger partial charge in [-0.2, -0.15) is 0 Å². The third-order valence-electron chi connectivity index (χ3n) is 11.6. The molecule has 0 unspecified atom stereocenters. The van der Waals surface area contributed by atoms with E-state index in [1.807, 2.05) is 36.4 Å². The van der Waals surface area contributed by atoms with Crippen LogP contribution in [0.25, 0.3) is 121 Å². The summed E-state index contributed by atoms with van der Waals surface area (Å²) in [6, 6.07) is 60.6. The molecule has 0 N–H and O–H groups in total. The number of rotatable bonds is 3. The van der Waals surface area contributed by atoms with Gasteiger partial charge >= 0.3 is 0 Å². The molecule has 0 amide bonds. The molecule has 5 nitrogen and oxygen atoms in total. The Morgan fingerprint density at radius 2 is 1.11 bits per heavy atom. The van der Waals surface area contributed by atoms with Crippen molar-refractivity contribution in [3.63, 3.8) is 0 Å². The number of benzene rings is 8. The number of hydrogen-bond donors (Lipinski definition) is 0. The quantitative estimate of drug-likeness (QED) is 0.184. The lowest BCUT2D eigenvalue weighted by atomic mass is 10.0. The highest BCUT2D eigenvalue weighted by molar-refractivity contribution is 6.36. The Kier molecular flexibility index (Phi) is 5.57. The molecule has 0 bridgehead atoms. The van der Waals surface area contributed by atoms with E-state index in [1.165, 1.54) is 70.7 Å². The zero-order valence-electron chi connectivity index (χ0n) is 29.4. The highest BCUT2D eigenvalue weighted by atomic mass is 16.3. The summed E-state index contributed by atoms with van der Waals surface area (Å²) in [4.78, 5) is 10.2. The van der Waals surface area contributed by atoms with Gasteiger partial charge in [0.15, 0.2) is 11.4 Å². The maximum atomic E-state index is 6.47. The molecule has 0 aliphatic carbocycles. The Bertz CT molecular complexity index is 3700. The molecule has 55 heavy (non-hydrogen) atoms. The standard InChI is InChI=1S/C50H28N4O/c1-2-12-30(13-3-1)50-51-46(49-47(52-50)36-18-8-11-21-43(36)55-49)29-22-24-33(25-23-29)53-39-19-9-6-16-34(39)44-42(53)28-38-37-26-31-14-4-5-15-32(31)27-41(37)54-40-20-10-7-17-35(40)45(44)48(38)54/h1-28H. The summed E-state index contributed by atoms with van der Waals surface area (Å²) in [5.74, 6) is 0.676. The van der Waals surface area contributed by atoms with Crippen molar-refractivity contribution in [3.8, 4) is 28.3 Å². The molecule has 0 aliphatic heterocycles. The Balaban J connectivity index is 1.09. The molecule has 0 spiro atoms. The summed E-state index contributed by atoms with van der Waals surface area (Å²) in [5.41, 5.74) is 12.2. The zero-order valence-corrected chi connectivity index (χ0v) is 29.4. The minimum atomic E-state index is 0.676. The Morgan fingerprint density at radius 3 is 1.93 bits per heavy atom. The van der Waals surface area contributed by atoms with Crippen LogP contribution in [0.15, 0.2) is 174 Å². The van der Waals surface area contributed by atoms with E-state index in [0.717, 1.165) is 39.0 Å². The fraction of sp³-hybridized carbons (Fsp3) is 0. The second kappa shape index (κ2) is 10.6. The molecule has 8 aromatic carbocycles. The number of hydrogen-bond acceptors (Lipinski definition) is 3. The van der Waals surface area contributed by atoms with Crippen molar-refractivity contribution in [3.05, 3.63) is 170 Å². The van der Waals surface area contributed by atoms with E-state index in [4.69, 9.17) is 14.4 Å². The summed E-state index contributed by atoms with van der Waals surface area (Å²) < 4.78 is 11.4. The lowest BCUT2D eigenvalue weighted by Crippen LogP contribution is -1.96. The van der Waals surface area contributed by atoms with Crippen molar-refractivity contribution in [1.29, 1.82) is 0 Å². The monoisotopic (exact) mass is 700 g/mol. The second-order valence-electron chi connectivity index (χ2n) is 14.5. The molecule has 0 fully saturated rings. The number of fused-ring (bicyclic) bond motifs is 14. The molecular formula is C50H28N4O. The first-order valence-electron chi connectivity index (χ1n) is 18.7. The van der Waals surface area contributed by atoms with Crippen molar-refractivity contribution in [1.82, 2.24) is 18.9 Å². The highest BCUT2D eigenvalue weighted by Crippen LogP contribution is 2.47. The van der Waals surface area contributed by atoms with Crippen LogP contribution < -0.4 is 0 Å². The predicted octanol–water partition coefficient (Wildman–Crippen LogP) is 13.1. The van der Waals surface area contributed by atoms with E-state index < -0.39 is 0 Å². The lowest BCUT2D eigenvalue weighted by molar-refractivity contribution is 0.667. The van der Waals surface area contributed by atoms with Gasteiger partial charge in [-0.1, -0.05) is 115 Å². The molecule has 0 saturated heterocycles. The van der Waals surface area contributed by atoms with Crippen LogP contribution in [0, 0.1) is 0 Å². The maximum absolute atomic E-state index is 6.47. The van der Waals surface area contributed by atoms with Crippen molar-refractivity contribution in [2.45, 2.75) is 0 Å². The molecule has 254 valence electrons. The number of furan rings is 1. The van der Waals surface area contributed by atoms with Crippen LogP contribution in [0.1, 0.15) is 0 Å². The topological polar surface area (TPSA) is 48.3 Å². The molecular weight excluding hydrogens is 673 g/mol. The van der Waals surface area contributed by atoms with E-state index >= 15 is 0 Å². The smallest absolute Gasteiger partial charge is 0.180 e. The first-order chi connectivity index (χ1) is 27.3. The van der Waals surface area contributed by atoms with E-state index in [0.29, 0.717) is 11.4 Å². The maximum Gasteiger partial charge on any atom is 0.180 e. The SMILES string of the molecule is c1ccc(-c2nc(-c3ccc(-n4c5ccccc5c5c6c7ccccc7n7c8cc9ccccc9cc8c(cc54)c67)cc3)c3oc4ccccc4c3n2)cc1. The molecule has 0 atom stereocenters. The van der Waals surface area contributed by atoms with Gasteiger partial charge in [0.05, 0.1) is 27.6 Å². The van der Waals surface area contributed by atoms with Gasteiger partial charge in [-0.15, -0.1) is 0 Å². The summed E-state index contributed by atoms with van der Waals surface area (Å²) in [6.07, 6.45) is 0. The van der Waals surface area contributed by atoms with Crippen molar-refractivity contribution in [2.24, 2.45) is 0 Å². The van der Waals surface area contributed by atoms with Crippen molar-refractivity contribution in [2.75, 3.05) is 0 Å². The van der Waals surface area contributed by atoms with Gasteiger partial charge in [-0.25, -0.2) is 9.97 Å². The molecule has 0 aliphatic rings. The molecule has 13 rings (SSSR count). The summed E-state index contributed by atoms with van der Waals surface area (Å²) >= 11 is 0. The van der Waals surface area contributed by atoms with Crippen molar-refractivity contribution < 1.29 is 4.42 Å². The molecule has 5 heteroatoms. The molecule has 0 radical (unpaired) electrons. The van der Waals surface area contributed by atoms with Crippen LogP contribution in [0.5, 0.6) is 0 Å². The second-order valence-corrected chi connectivity index (χ2v) is 14.5. The Hall–Kier alpha value is -7.50. The zero-order chi connectivity index (χ0) is 35.8. The number of aromatic nitrogens is 4. The van der Waals surface area contributed by atoms with Gasteiger partial charge in [-0.05, 0) is 65.4 Å². The number of para-hydroxylation sites is 3. The van der Waals surface area contributed by atoms with Crippen LogP contribution >= 0.6 is 0 Å². The average molecular weight is 701 g/mol. The molecule has 5 heterocycles. The molecule has 0 saturated carbocycles. The van der Waals surface area contributed by atoms with Gasteiger partial charge in [0.25, 0.3) is 0 Å². The van der Waals surface area contributed by atoms with E-state index in [2.05, 4.69) is 142 Å². The molecule has 13 aromatic rings. The van der Waals surface area contributed by atoms with E-state index in [-0.39, 0.29) is 0 Å². The predicted molar refractivity (Wildman–Crippen MR) is 227 cm³/mol. The first kappa shape index (κ1) is 29.0. The van der Waals surface area contributed by atoms with Crippen LogP contribution in [0.2, 0.25) is 0 Å². The summed E-state index contributed by atoms with van der Waals surface area (Å²) in [5, 5.41) is 11.1. The van der Waals surface area contributed by atoms with Gasteiger partial charge in [-0.3, -0.25) is 0 Å². The van der Waals surface area contributed by atoms with E-state index in [9.17, 15) is 0 Å². The third-order valence-corrected chi connectivity index (χ3v) is 11.6. The van der Waals surface area contributed by atoms with Gasteiger partial charge < -0.3 is 13.4 Å². The third kappa shape index (κ3) is 3.86. The van der Waals surface area contributed by atoms with Crippen LogP contribution in [0.3, 0.4) is 0 Å². The van der Waals surface area contributed by atoms with Crippen LogP contribution in [-0.4, -0.2) is 18.9 Å². The fourth-order valence-corrected chi connectivity index (χ4v) is 9.25. The average Bonchev–Trinajstić information content (AvgIpc) is 3.98. The van der Waals surface area contributed by atoms with Crippen LogP contribution in [0.4, 0.5) is 0 Å². The Labute approximate surface area is 313 Å². The molecule has 5 aromatic heterocycles. The normalized spacial score (nSPS) is 12.4. The summed E-state index contributed by atoms with van der Waals surface area (Å²) in [7, 11) is 0. The van der Waals surface area contributed by atoms with E-state index in [1.54, 1.807) is 0 Å². The van der Waals surface area contributed by atoms with Gasteiger partial charge in [0.2, 0.25) is 0 Å². The minimum absolute atomic E-state index is 0.676. The largest absolute Gasteiger partial charge is 0.452 e. The fourth-order valence-electron chi connectivity index (χ4n) is 9.25. The lowest BCUT2D eigenvalue weighted by Gasteiger charge is -2.10. The minimum Gasteiger partial charge on any atom is -0.452 e. The van der Waals surface area contributed by atoms with Gasteiger partial charge in [0, 0.05) is 54.5 Å². The first-order valence-corrected chi connectivity index (χ1v) is 18.7. The summed E-state index contributed by atoms with van der Waals surface area (Å²) in [6.45, 7) is 0.